The van der Waals surface area contributed by atoms with E-state index in [4.69, 9.17) is 11.5 Å². The minimum Gasteiger partial charge on any atom is -0.366 e. The van der Waals surface area contributed by atoms with Gasteiger partial charge in [-0.25, -0.2) is 4.98 Å². The number of likely N-dealkylation sites (tertiary alicyclic amines) is 1. The molecule has 1 aliphatic rings. The van der Waals surface area contributed by atoms with E-state index in [2.05, 4.69) is 16.8 Å². The van der Waals surface area contributed by atoms with Crippen molar-refractivity contribution in [2.75, 3.05) is 13.6 Å². The number of imidazole rings is 1. The zero-order chi connectivity index (χ0) is 22.3. The van der Waals surface area contributed by atoms with Gasteiger partial charge in [-0.05, 0) is 37.6 Å². The molecule has 0 bridgehead atoms. The van der Waals surface area contributed by atoms with Crippen LogP contribution in [0.1, 0.15) is 39.9 Å². The van der Waals surface area contributed by atoms with Crippen molar-refractivity contribution < 1.29 is 14.4 Å². The average molecular weight is 415 g/mol. The number of amides is 3. The number of benzene rings is 1. The van der Waals surface area contributed by atoms with Gasteiger partial charge in [0, 0.05) is 36.5 Å². The number of pyridine rings is 1. The van der Waals surface area contributed by atoms with Gasteiger partial charge in [-0.3, -0.25) is 18.8 Å². The van der Waals surface area contributed by atoms with E-state index in [0.29, 0.717) is 35.3 Å². The van der Waals surface area contributed by atoms with Crippen LogP contribution >= 0.6 is 0 Å². The number of aromatic nitrogens is 2. The minimum atomic E-state index is -0.707. The summed E-state index contributed by atoms with van der Waals surface area (Å²) >= 11 is 0. The highest BCUT2D eigenvalue weighted by Gasteiger charge is 2.39. The molecule has 4 N–H and O–H groups in total. The molecule has 0 unspecified atom stereocenters. The van der Waals surface area contributed by atoms with Gasteiger partial charge in [-0.2, -0.15) is 0 Å². The number of carbonyl (C=O) groups is 3. The van der Waals surface area contributed by atoms with E-state index in [1.807, 2.05) is 31.2 Å². The maximum Gasteiger partial charge on any atom is 0.285 e. The Kier molecular flexibility index (Phi) is 4.74. The Morgan fingerprint density at radius 2 is 1.94 bits per heavy atom. The lowest BCUT2D eigenvalue weighted by molar-refractivity contribution is -0.131. The monoisotopic (exact) mass is 415 g/mol. The highest BCUT2D eigenvalue weighted by Crippen LogP contribution is 2.30. The van der Waals surface area contributed by atoms with Crippen LogP contribution in [0.3, 0.4) is 0 Å². The van der Waals surface area contributed by atoms with Crippen molar-refractivity contribution in [1.29, 1.82) is 0 Å². The number of nitrogens with zero attached hydrogens (tertiary/aromatic N) is 3. The first-order valence-corrected chi connectivity index (χ1v) is 9.70. The van der Waals surface area contributed by atoms with Crippen molar-refractivity contribution in [3.63, 3.8) is 0 Å². The lowest BCUT2D eigenvalue weighted by Gasteiger charge is -2.14. The summed E-state index contributed by atoms with van der Waals surface area (Å²) in [6.45, 7) is 2.53. The molecule has 1 aliphatic heterocycles. The van der Waals surface area contributed by atoms with Crippen molar-refractivity contribution in [1.82, 2.24) is 14.3 Å². The number of hydrogen-bond acceptors (Lipinski definition) is 4. The Hall–Kier alpha value is -4.12. The van der Waals surface area contributed by atoms with Gasteiger partial charge in [-0.1, -0.05) is 24.0 Å². The van der Waals surface area contributed by atoms with Crippen LogP contribution in [0.2, 0.25) is 0 Å². The molecular formula is C23H21N5O3. The molecule has 2 aromatic heterocycles. The van der Waals surface area contributed by atoms with E-state index < -0.39 is 17.2 Å². The summed E-state index contributed by atoms with van der Waals surface area (Å²) in [6, 6.07) is 10.4. The molecule has 3 aromatic rings. The largest absolute Gasteiger partial charge is 0.366 e. The third-order valence-corrected chi connectivity index (χ3v) is 5.53. The van der Waals surface area contributed by atoms with E-state index in [1.165, 1.54) is 10.5 Å². The molecule has 8 heteroatoms. The summed E-state index contributed by atoms with van der Waals surface area (Å²) in [6.07, 6.45) is 2.22. The van der Waals surface area contributed by atoms with Gasteiger partial charge in [0.1, 0.15) is 5.41 Å². The Morgan fingerprint density at radius 1 is 1.16 bits per heavy atom. The molecule has 156 valence electrons. The number of hydrogen-bond donors (Lipinski definition) is 2. The molecule has 3 amide bonds. The number of nitrogens with two attached hydrogens (primary N) is 2. The van der Waals surface area contributed by atoms with E-state index in [0.717, 1.165) is 0 Å². The van der Waals surface area contributed by atoms with Gasteiger partial charge < -0.3 is 16.4 Å². The molecule has 1 aromatic carbocycles. The highest BCUT2D eigenvalue weighted by molar-refractivity contribution is 5.97. The summed E-state index contributed by atoms with van der Waals surface area (Å²) in [7, 11) is 1.77. The number of carbonyl (C=O) groups excluding carboxylic acids is 3. The topological polar surface area (TPSA) is 124 Å². The number of primary amides is 2. The maximum absolute atomic E-state index is 12.4. The van der Waals surface area contributed by atoms with Crippen molar-refractivity contribution in [3.05, 3.63) is 59.5 Å². The van der Waals surface area contributed by atoms with Gasteiger partial charge >= 0.3 is 0 Å². The molecule has 4 rings (SSSR count). The van der Waals surface area contributed by atoms with Crippen molar-refractivity contribution in [2.45, 2.75) is 13.3 Å². The van der Waals surface area contributed by atoms with Gasteiger partial charge in [0.15, 0.2) is 0 Å². The first-order chi connectivity index (χ1) is 14.7. The molecule has 1 atom stereocenters. The predicted molar refractivity (Wildman–Crippen MR) is 115 cm³/mol. The summed E-state index contributed by atoms with van der Waals surface area (Å²) in [5, 5.41) is 0. The molecule has 1 fully saturated rings. The van der Waals surface area contributed by atoms with Crippen molar-refractivity contribution in [3.8, 4) is 23.1 Å². The molecule has 0 aliphatic carbocycles. The standard InChI is InChI=1S/C23H21N5O3/c1-23(9-11-27(2)22(23)31)8-6-14-4-3-5-15(12-14)18-17-13-16(19(24)29)7-10-28(17)21(26-18)20(25)30/h3-5,7,10,12-13H,9,11H2,1-2H3,(H2,24,29)(H2,25,30)/t23-/m1/s1. The maximum atomic E-state index is 12.4. The molecule has 1 saturated heterocycles. The lowest BCUT2D eigenvalue weighted by Crippen LogP contribution is -2.28. The zero-order valence-electron chi connectivity index (χ0n) is 17.2. The van der Waals surface area contributed by atoms with Gasteiger partial charge in [0.2, 0.25) is 17.6 Å². The molecule has 0 saturated carbocycles. The fourth-order valence-corrected chi connectivity index (χ4v) is 3.72. The van der Waals surface area contributed by atoms with Crippen LogP contribution in [-0.4, -0.2) is 45.6 Å². The van der Waals surface area contributed by atoms with Crippen LogP contribution in [0.25, 0.3) is 16.8 Å². The van der Waals surface area contributed by atoms with E-state index in [-0.39, 0.29) is 17.3 Å². The van der Waals surface area contributed by atoms with Crippen LogP contribution < -0.4 is 11.5 Å². The fraction of sp³-hybridized carbons (Fsp3) is 0.217. The Labute approximate surface area is 178 Å². The van der Waals surface area contributed by atoms with Gasteiger partial charge in [0.05, 0.1) is 11.2 Å². The van der Waals surface area contributed by atoms with E-state index in [9.17, 15) is 14.4 Å². The lowest BCUT2D eigenvalue weighted by atomic mass is 9.89. The summed E-state index contributed by atoms with van der Waals surface area (Å²) in [5.41, 5.74) is 12.9. The SMILES string of the molecule is CN1CC[C@@](C)(C#Cc2cccc(-c3nc(C(N)=O)n4ccc(C(N)=O)cc34)c2)C1=O. The van der Waals surface area contributed by atoms with Gasteiger partial charge in [-0.15, -0.1) is 0 Å². The van der Waals surface area contributed by atoms with Crippen molar-refractivity contribution in [2.24, 2.45) is 16.9 Å². The first-order valence-electron chi connectivity index (χ1n) is 9.70. The molecule has 31 heavy (non-hydrogen) atoms. The first kappa shape index (κ1) is 20.2. The third kappa shape index (κ3) is 3.51. The summed E-state index contributed by atoms with van der Waals surface area (Å²) in [5.74, 6) is 4.99. The quantitative estimate of drug-likeness (QED) is 0.628. The van der Waals surface area contributed by atoms with Crippen LogP contribution in [0.4, 0.5) is 0 Å². The predicted octanol–water partition coefficient (Wildman–Crippen LogP) is 1.42. The molecule has 0 radical (unpaired) electrons. The van der Waals surface area contributed by atoms with Gasteiger partial charge in [0.25, 0.3) is 5.91 Å². The van der Waals surface area contributed by atoms with Crippen LogP contribution in [-0.2, 0) is 4.79 Å². The summed E-state index contributed by atoms with van der Waals surface area (Å²) in [4.78, 5) is 42.0. The van der Waals surface area contributed by atoms with Crippen LogP contribution in [0.5, 0.6) is 0 Å². The Balaban J connectivity index is 1.80. The second-order valence-corrected chi connectivity index (χ2v) is 7.82. The van der Waals surface area contributed by atoms with E-state index in [1.54, 1.807) is 24.2 Å². The molecular weight excluding hydrogens is 394 g/mol. The smallest absolute Gasteiger partial charge is 0.285 e. The molecule has 3 heterocycles. The molecule has 8 nitrogen and oxygen atoms in total. The Morgan fingerprint density at radius 3 is 2.58 bits per heavy atom. The zero-order valence-corrected chi connectivity index (χ0v) is 17.2. The van der Waals surface area contributed by atoms with Crippen molar-refractivity contribution >= 4 is 23.2 Å². The fourth-order valence-electron chi connectivity index (χ4n) is 3.72. The second kappa shape index (κ2) is 7.29. The number of rotatable bonds is 3. The normalized spacial score (nSPS) is 18.1. The second-order valence-electron chi connectivity index (χ2n) is 7.82. The van der Waals surface area contributed by atoms with Crippen LogP contribution in [0.15, 0.2) is 42.6 Å². The third-order valence-electron chi connectivity index (χ3n) is 5.53. The Bertz CT molecular complexity index is 1310. The highest BCUT2D eigenvalue weighted by atomic mass is 16.2. The summed E-state index contributed by atoms with van der Waals surface area (Å²) < 4.78 is 1.52. The molecule has 0 spiro atoms. The van der Waals surface area contributed by atoms with Crippen LogP contribution in [0, 0.1) is 17.3 Å². The van der Waals surface area contributed by atoms with E-state index >= 15 is 0 Å². The minimum absolute atomic E-state index is 0.0151. The average Bonchev–Trinajstić information content (AvgIpc) is 3.26. The number of fused-ring (bicyclic) bond motifs is 1.